The van der Waals surface area contributed by atoms with Crippen LogP contribution >= 0.6 is 0 Å². The highest BCUT2D eigenvalue weighted by molar-refractivity contribution is 5.88. The summed E-state index contributed by atoms with van der Waals surface area (Å²) in [5.74, 6) is 7.45. The van der Waals surface area contributed by atoms with Crippen molar-refractivity contribution < 1.29 is 28.7 Å². The molecule has 6 atom stereocenters. The number of ether oxygens (including phenoxy) is 2. The summed E-state index contributed by atoms with van der Waals surface area (Å²) in [6.45, 7) is 8.19. The minimum absolute atomic E-state index is 0.103. The van der Waals surface area contributed by atoms with Crippen molar-refractivity contribution in [2.24, 2.45) is 17.8 Å². The van der Waals surface area contributed by atoms with E-state index < -0.39 is 24.3 Å². The van der Waals surface area contributed by atoms with Crippen molar-refractivity contribution >= 4 is 35.0 Å². The number of likely N-dealkylation sites (tertiary alicyclic amines) is 2. The van der Waals surface area contributed by atoms with Crippen LogP contribution in [0.3, 0.4) is 0 Å². The zero-order valence-electron chi connectivity index (χ0n) is 32.6. The van der Waals surface area contributed by atoms with Gasteiger partial charge in [0.25, 0.3) is 0 Å². The predicted octanol–water partition coefficient (Wildman–Crippen LogP) is 5.22. The Bertz CT molecular complexity index is 2170. The number of imidazole rings is 2. The molecule has 0 radical (unpaired) electrons. The van der Waals surface area contributed by atoms with Crippen LogP contribution in [0.15, 0.2) is 42.7 Å². The van der Waals surface area contributed by atoms with Crippen molar-refractivity contribution in [1.29, 1.82) is 0 Å². The van der Waals surface area contributed by atoms with Gasteiger partial charge in [-0.05, 0) is 85.5 Å². The third kappa shape index (κ3) is 7.65. The van der Waals surface area contributed by atoms with E-state index >= 15 is 0 Å². The second kappa shape index (κ2) is 16.1. The normalized spacial score (nSPS) is 21.2. The zero-order chi connectivity index (χ0) is 39.7. The summed E-state index contributed by atoms with van der Waals surface area (Å²) in [4.78, 5) is 76.0. The molecule has 2 saturated heterocycles. The number of aromatic nitrogens is 5. The van der Waals surface area contributed by atoms with Gasteiger partial charge in [-0.15, -0.1) is 0 Å². The van der Waals surface area contributed by atoms with E-state index in [9.17, 15) is 19.2 Å². The molecule has 0 spiro atoms. The lowest BCUT2D eigenvalue weighted by Crippen LogP contribution is -2.54. The van der Waals surface area contributed by atoms with E-state index in [1.807, 2.05) is 62.9 Å². The molecule has 1 aliphatic carbocycles. The predicted molar refractivity (Wildman–Crippen MR) is 207 cm³/mol. The van der Waals surface area contributed by atoms with Gasteiger partial charge in [0.05, 0.1) is 43.5 Å². The Morgan fingerprint density at radius 2 is 1.54 bits per heavy atom. The molecule has 1 aromatic carbocycles. The van der Waals surface area contributed by atoms with Crippen LogP contribution in [0.5, 0.6) is 0 Å². The number of fused-ring (bicyclic) bond motifs is 3. The number of amides is 4. The number of nitrogens with one attached hydrogen (secondary N) is 4. The minimum atomic E-state index is -0.701. The number of hydrogen-bond donors (Lipinski definition) is 4. The molecule has 15 nitrogen and oxygen atoms in total. The number of carbonyl (C=O) groups is 4. The molecular weight excluding hydrogens is 715 g/mol. The van der Waals surface area contributed by atoms with Crippen LogP contribution < -0.4 is 10.6 Å². The lowest BCUT2D eigenvalue weighted by Gasteiger charge is -2.37. The van der Waals surface area contributed by atoms with Gasteiger partial charge < -0.3 is 39.9 Å². The molecule has 4 N–H and O–H groups in total. The first-order valence-corrected chi connectivity index (χ1v) is 19.3. The average molecular weight is 764 g/mol. The van der Waals surface area contributed by atoms with Gasteiger partial charge >= 0.3 is 12.2 Å². The molecule has 3 aliphatic rings. The summed E-state index contributed by atoms with van der Waals surface area (Å²) < 4.78 is 9.55. The fourth-order valence-electron chi connectivity index (χ4n) is 8.40. The van der Waals surface area contributed by atoms with Crippen molar-refractivity contribution in [2.75, 3.05) is 20.8 Å². The third-order valence-electron chi connectivity index (χ3n) is 11.3. The number of benzene rings is 1. The highest BCUT2D eigenvalue weighted by atomic mass is 16.5. The first-order chi connectivity index (χ1) is 26.9. The molecule has 3 fully saturated rings. The molecule has 15 heteroatoms. The Morgan fingerprint density at radius 3 is 2.21 bits per heavy atom. The van der Waals surface area contributed by atoms with E-state index in [-0.39, 0.29) is 47.7 Å². The van der Waals surface area contributed by atoms with Gasteiger partial charge in [0.2, 0.25) is 11.8 Å². The topological polar surface area (TPSA) is 188 Å². The van der Waals surface area contributed by atoms with Crippen molar-refractivity contribution in [2.45, 2.75) is 90.0 Å². The number of alkyl carbamates (subject to hydrolysis) is 2. The Kier molecular flexibility index (Phi) is 11.0. The minimum Gasteiger partial charge on any atom is -0.453 e. The number of pyridine rings is 1. The van der Waals surface area contributed by atoms with Crippen LogP contribution in [0, 0.1) is 29.6 Å². The molecule has 294 valence electrons. The lowest BCUT2D eigenvalue weighted by molar-refractivity contribution is -0.139. The number of piperidine rings is 1. The monoisotopic (exact) mass is 763 g/mol. The van der Waals surface area contributed by atoms with Gasteiger partial charge in [0.15, 0.2) is 0 Å². The fourth-order valence-corrected chi connectivity index (χ4v) is 8.40. The van der Waals surface area contributed by atoms with Gasteiger partial charge in [-0.3, -0.25) is 9.59 Å². The van der Waals surface area contributed by atoms with Crippen LogP contribution in [-0.4, -0.2) is 97.6 Å². The first-order valence-electron chi connectivity index (χ1n) is 19.3. The second-order valence-electron chi connectivity index (χ2n) is 15.5. The van der Waals surface area contributed by atoms with Gasteiger partial charge in [0, 0.05) is 24.3 Å². The van der Waals surface area contributed by atoms with Crippen LogP contribution in [0.2, 0.25) is 0 Å². The third-order valence-corrected chi connectivity index (χ3v) is 11.3. The summed E-state index contributed by atoms with van der Waals surface area (Å²) in [6.07, 6.45) is 6.66. The van der Waals surface area contributed by atoms with E-state index in [4.69, 9.17) is 14.5 Å². The molecular formula is C41H49N9O6. The Hall–Kier alpha value is -5.91. The summed E-state index contributed by atoms with van der Waals surface area (Å²) >= 11 is 0. The summed E-state index contributed by atoms with van der Waals surface area (Å²) in [5.41, 5.74) is 4.71. The number of methoxy groups -OCH3 is 2. The molecule has 2 bridgehead atoms. The number of rotatable bonds is 9. The van der Waals surface area contributed by atoms with Gasteiger partial charge in [-0.1, -0.05) is 39.8 Å². The SMILES string of the molecule is COC(=O)NC(C(=O)N1CCCC1c1nc2ccc(-c3ccc(C#Cc4cnc(C5C6CCC(C6)N5C(=O)C(NC(=O)OC)C(C)C)[nH]4)nc3)cc2[nH]1)C(C)C. The smallest absolute Gasteiger partial charge is 0.407 e. The van der Waals surface area contributed by atoms with Crippen LogP contribution in [0.25, 0.3) is 22.2 Å². The molecule has 6 unspecified atom stereocenters. The largest absolute Gasteiger partial charge is 0.453 e. The maximum atomic E-state index is 13.8. The number of hydrogen-bond acceptors (Lipinski definition) is 9. The highest BCUT2D eigenvalue weighted by Crippen LogP contribution is 2.50. The van der Waals surface area contributed by atoms with Crippen LogP contribution in [0.4, 0.5) is 9.59 Å². The van der Waals surface area contributed by atoms with Crippen molar-refractivity contribution in [3.63, 3.8) is 0 Å². The number of aromatic amines is 2. The van der Waals surface area contributed by atoms with Crippen LogP contribution in [0.1, 0.15) is 94.9 Å². The van der Waals surface area contributed by atoms with Crippen molar-refractivity contribution in [1.82, 2.24) is 45.4 Å². The molecule has 4 amide bonds. The maximum absolute atomic E-state index is 13.8. The summed E-state index contributed by atoms with van der Waals surface area (Å²) in [5, 5.41) is 5.42. The molecule has 3 aromatic heterocycles. The Labute approximate surface area is 325 Å². The quantitative estimate of drug-likeness (QED) is 0.166. The Balaban J connectivity index is 1.03. The number of carbonyl (C=O) groups excluding carboxylic acids is 4. The average Bonchev–Trinajstić information content (AvgIpc) is 4.05. The molecule has 4 aromatic rings. The lowest BCUT2D eigenvalue weighted by atomic mass is 9.95. The van der Waals surface area contributed by atoms with Gasteiger partial charge in [0.1, 0.15) is 35.1 Å². The first kappa shape index (κ1) is 38.4. The number of nitrogens with zero attached hydrogens (tertiary/aromatic N) is 5. The molecule has 2 aliphatic heterocycles. The zero-order valence-corrected chi connectivity index (χ0v) is 32.6. The van der Waals surface area contributed by atoms with Crippen molar-refractivity contribution in [3.05, 3.63) is 65.8 Å². The fraction of sp³-hybridized carbons (Fsp3) is 0.488. The van der Waals surface area contributed by atoms with E-state index in [0.29, 0.717) is 29.6 Å². The Morgan fingerprint density at radius 1 is 0.821 bits per heavy atom. The molecule has 1 saturated carbocycles. The van der Waals surface area contributed by atoms with E-state index in [1.165, 1.54) is 14.2 Å². The van der Waals surface area contributed by atoms with Crippen molar-refractivity contribution in [3.8, 4) is 23.0 Å². The summed E-state index contributed by atoms with van der Waals surface area (Å²) in [7, 11) is 2.58. The number of H-pyrrole nitrogens is 2. The maximum Gasteiger partial charge on any atom is 0.407 e. The van der Waals surface area contributed by atoms with E-state index in [0.717, 1.165) is 54.3 Å². The van der Waals surface area contributed by atoms with E-state index in [2.05, 4.69) is 42.4 Å². The highest BCUT2D eigenvalue weighted by Gasteiger charge is 2.51. The van der Waals surface area contributed by atoms with E-state index in [1.54, 1.807) is 17.3 Å². The summed E-state index contributed by atoms with van der Waals surface area (Å²) in [6, 6.07) is 8.06. The van der Waals surface area contributed by atoms with Crippen LogP contribution in [-0.2, 0) is 19.1 Å². The standard InChI is InChI=1S/C41H49N9O6/c1-22(2)33(47-40(53)55-5)38(51)49-17-7-8-32(49)36-45-30-16-11-24(19-31(30)46-36)26-9-12-27(42-20-26)13-14-28-21-43-37(44-28)35-25-10-15-29(18-25)50(35)39(52)34(23(3)4)48-41(54)56-6/h9,11-12,16,19-23,25,29,32-35H,7-8,10,15,17-18H2,1-6H3,(H,43,44)(H,45,46)(H,47,53)(H,48,54). The molecule has 7 rings (SSSR count). The van der Waals surface area contributed by atoms with Gasteiger partial charge in [-0.2, -0.15) is 0 Å². The molecule has 56 heavy (non-hydrogen) atoms. The van der Waals surface area contributed by atoms with Gasteiger partial charge in [-0.25, -0.2) is 24.5 Å². The molecule has 5 heterocycles. The second-order valence-corrected chi connectivity index (χ2v) is 15.5.